The number of sulfonamides is 1. The highest BCUT2D eigenvalue weighted by molar-refractivity contribution is 7.89. The summed E-state index contributed by atoms with van der Waals surface area (Å²) in [6.07, 6.45) is 0. The van der Waals surface area contributed by atoms with Crippen molar-refractivity contribution in [3.05, 3.63) is 38.3 Å². The number of halogens is 1. The number of nitrogens with zero attached hydrogens (tertiary/aromatic N) is 4. The smallest absolute Gasteiger partial charge is 0.243 e. The van der Waals surface area contributed by atoms with Gasteiger partial charge in [0.2, 0.25) is 10.0 Å². The maximum absolute atomic E-state index is 12.7. The van der Waals surface area contributed by atoms with Crippen molar-refractivity contribution >= 4 is 45.2 Å². The van der Waals surface area contributed by atoms with Gasteiger partial charge in [-0.15, -0.1) is 0 Å². The van der Waals surface area contributed by atoms with E-state index in [0.29, 0.717) is 37.9 Å². The number of hydrogen-bond acceptors (Lipinski definition) is 6. The number of aromatic nitrogens is 2. The number of hydrogen-bond donors (Lipinski definition) is 0. The summed E-state index contributed by atoms with van der Waals surface area (Å²) >= 11 is 12.7. The zero-order valence-corrected chi connectivity index (χ0v) is 16.3. The molecule has 1 aliphatic rings. The highest BCUT2D eigenvalue weighted by Crippen LogP contribution is 2.21. The Morgan fingerprint density at radius 3 is 2.58 bits per heavy atom. The van der Waals surface area contributed by atoms with Crippen LogP contribution in [-0.4, -0.2) is 53.6 Å². The standard InChI is InChI=1S/C14H17ClN4O2S3/c1-11-16-19(14(22)23-11)10-17-5-7-18(8-6-17)24(20,21)13-4-2-3-12(15)9-13/h2-4,9H,5-8,10H2,1H3. The summed E-state index contributed by atoms with van der Waals surface area (Å²) in [7, 11) is -3.50. The predicted octanol–water partition coefficient (Wildman–Crippen LogP) is 2.60. The highest BCUT2D eigenvalue weighted by Gasteiger charge is 2.28. The predicted molar refractivity (Wildman–Crippen MR) is 97.5 cm³/mol. The van der Waals surface area contributed by atoms with Crippen LogP contribution in [0, 0.1) is 10.9 Å². The highest BCUT2D eigenvalue weighted by atomic mass is 35.5. The third-order valence-electron chi connectivity index (χ3n) is 3.81. The molecule has 0 saturated carbocycles. The second-order valence-electron chi connectivity index (χ2n) is 5.51. The van der Waals surface area contributed by atoms with Crippen molar-refractivity contribution in [1.29, 1.82) is 0 Å². The fourth-order valence-corrected chi connectivity index (χ4v) is 5.36. The van der Waals surface area contributed by atoms with Gasteiger partial charge in [0.05, 0.1) is 11.6 Å². The van der Waals surface area contributed by atoms with Crippen LogP contribution in [0.5, 0.6) is 0 Å². The van der Waals surface area contributed by atoms with Crippen LogP contribution in [0.3, 0.4) is 0 Å². The molecule has 24 heavy (non-hydrogen) atoms. The molecule has 6 nitrogen and oxygen atoms in total. The molecule has 0 spiro atoms. The normalized spacial score (nSPS) is 17.2. The van der Waals surface area contributed by atoms with E-state index in [0.717, 1.165) is 8.96 Å². The lowest BCUT2D eigenvalue weighted by Crippen LogP contribution is -2.48. The fourth-order valence-electron chi connectivity index (χ4n) is 2.58. The van der Waals surface area contributed by atoms with Gasteiger partial charge in [-0.05, 0) is 37.3 Å². The van der Waals surface area contributed by atoms with Crippen LogP contribution in [0.25, 0.3) is 0 Å². The van der Waals surface area contributed by atoms with Gasteiger partial charge in [0.1, 0.15) is 5.01 Å². The maximum Gasteiger partial charge on any atom is 0.243 e. The Bertz CT molecular complexity index is 885. The Morgan fingerprint density at radius 2 is 2.00 bits per heavy atom. The topological polar surface area (TPSA) is 58.4 Å². The molecule has 2 heterocycles. The van der Waals surface area contributed by atoms with E-state index in [-0.39, 0.29) is 4.90 Å². The van der Waals surface area contributed by atoms with Gasteiger partial charge in [0.25, 0.3) is 0 Å². The Kier molecular flexibility index (Phi) is 5.38. The van der Waals surface area contributed by atoms with Crippen molar-refractivity contribution in [1.82, 2.24) is 19.0 Å². The van der Waals surface area contributed by atoms with E-state index in [4.69, 9.17) is 23.8 Å². The lowest BCUT2D eigenvalue weighted by atomic mass is 10.4. The molecule has 0 unspecified atom stereocenters. The van der Waals surface area contributed by atoms with Gasteiger partial charge in [-0.25, -0.2) is 13.1 Å². The number of piperazine rings is 1. The van der Waals surface area contributed by atoms with Crippen molar-refractivity contribution < 1.29 is 8.42 Å². The summed E-state index contributed by atoms with van der Waals surface area (Å²) in [6.45, 7) is 4.66. The molecule has 3 rings (SSSR count). The molecule has 1 fully saturated rings. The van der Waals surface area contributed by atoms with Crippen molar-refractivity contribution in [3.8, 4) is 0 Å². The number of rotatable bonds is 4. The van der Waals surface area contributed by atoms with Gasteiger partial charge >= 0.3 is 0 Å². The summed E-state index contributed by atoms with van der Waals surface area (Å²) in [5, 5.41) is 5.72. The average molecular weight is 405 g/mol. The summed E-state index contributed by atoms with van der Waals surface area (Å²) in [6, 6.07) is 6.38. The van der Waals surface area contributed by atoms with Crippen LogP contribution in [0.1, 0.15) is 5.01 Å². The molecule has 0 amide bonds. The zero-order chi connectivity index (χ0) is 17.3. The molecule has 0 N–H and O–H groups in total. The molecule has 0 bridgehead atoms. The van der Waals surface area contributed by atoms with Crippen LogP contribution in [-0.2, 0) is 16.7 Å². The van der Waals surface area contributed by atoms with Crippen LogP contribution >= 0.6 is 35.2 Å². The van der Waals surface area contributed by atoms with Crippen molar-refractivity contribution in [3.63, 3.8) is 0 Å². The molecular weight excluding hydrogens is 388 g/mol. The van der Waals surface area contributed by atoms with Crippen molar-refractivity contribution in [2.24, 2.45) is 0 Å². The van der Waals surface area contributed by atoms with E-state index in [9.17, 15) is 8.42 Å². The molecule has 0 atom stereocenters. The first-order chi connectivity index (χ1) is 11.4. The van der Waals surface area contributed by atoms with Crippen LogP contribution < -0.4 is 0 Å². The second-order valence-corrected chi connectivity index (χ2v) is 9.71. The number of aryl methyl sites for hydroxylation is 1. The van der Waals surface area contributed by atoms with Gasteiger partial charge in [0, 0.05) is 31.2 Å². The monoisotopic (exact) mass is 404 g/mol. The van der Waals surface area contributed by atoms with Crippen LogP contribution in [0.4, 0.5) is 0 Å². The summed E-state index contributed by atoms with van der Waals surface area (Å²) in [5.41, 5.74) is 0. The zero-order valence-electron chi connectivity index (χ0n) is 13.1. The van der Waals surface area contributed by atoms with Gasteiger partial charge in [-0.1, -0.05) is 29.0 Å². The SMILES string of the molecule is Cc1nn(CN2CCN(S(=O)(=O)c3cccc(Cl)c3)CC2)c(=S)s1. The quantitative estimate of drug-likeness (QED) is 0.733. The van der Waals surface area contributed by atoms with Crippen molar-refractivity contribution in [2.75, 3.05) is 26.2 Å². The molecule has 0 radical (unpaired) electrons. The average Bonchev–Trinajstić information content (AvgIpc) is 2.85. The number of benzene rings is 1. The molecule has 1 aromatic carbocycles. The molecule has 10 heteroatoms. The third kappa shape index (κ3) is 3.87. The minimum atomic E-state index is -3.50. The summed E-state index contributed by atoms with van der Waals surface area (Å²) in [5.74, 6) is 0. The van der Waals surface area contributed by atoms with Gasteiger partial charge in [0.15, 0.2) is 3.95 Å². The van der Waals surface area contributed by atoms with E-state index in [1.807, 2.05) is 6.92 Å². The molecular formula is C14H17ClN4O2S3. The van der Waals surface area contributed by atoms with E-state index in [1.54, 1.807) is 22.9 Å². The first-order valence-electron chi connectivity index (χ1n) is 7.39. The molecule has 130 valence electrons. The minimum absolute atomic E-state index is 0.237. The molecule has 1 aromatic heterocycles. The van der Waals surface area contributed by atoms with E-state index >= 15 is 0 Å². The lowest BCUT2D eigenvalue weighted by Gasteiger charge is -2.33. The second kappa shape index (κ2) is 7.19. The molecule has 1 saturated heterocycles. The molecule has 1 aliphatic heterocycles. The maximum atomic E-state index is 12.7. The first kappa shape index (κ1) is 18.0. The summed E-state index contributed by atoms with van der Waals surface area (Å²) in [4.78, 5) is 2.39. The fraction of sp³-hybridized carbons (Fsp3) is 0.429. The Hall–Kier alpha value is -0.840. The lowest BCUT2D eigenvalue weighted by molar-refractivity contribution is 0.145. The van der Waals surface area contributed by atoms with Gasteiger partial charge in [-0.3, -0.25) is 4.90 Å². The van der Waals surface area contributed by atoms with Crippen LogP contribution in [0.15, 0.2) is 29.2 Å². The van der Waals surface area contributed by atoms with Crippen molar-refractivity contribution in [2.45, 2.75) is 18.5 Å². The van der Waals surface area contributed by atoms with E-state index in [1.165, 1.54) is 21.7 Å². The Balaban J connectivity index is 1.66. The largest absolute Gasteiger partial charge is 0.282 e. The van der Waals surface area contributed by atoms with E-state index in [2.05, 4.69) is 10.00 Å². The Labute approximate surface area is 155 Å². The minimum Gasteiger partial charge on any atom is -0.282 e. The van der Waals surface area contributed by atoms with Gasteiger partial charge in [-0.2, -0.15) is 9.40 Å². The first-order valence-corrected chi connectivity index (χ1v) is 10.4. The summed E-state index contributed by atoms with van der Waals surface area (Å²) < 4.78 is 29.4. The van der Waals surface area contributed by atoms with Gasteiger partial charge < -0.3 is 0 Å². The molecule has 2 aromatic rings. The molecule has 0 aliphatic carbocycles. The third-order valence-corrected chi connectivity index (χ3v) is 7.16. The van der Waals surface area contributed by atoms with Crippen LogP contribution in [0.2, 0.25) is 5.02 Å². The Morgan fingerprint density at radius 1 is 1.29 bits per heavy atom. The van der Waals surface area contributed by atoms with E-state index < -0.39 is 10.0 Å².